The Kier molecular flexibility index (Phi) is 5.14. The summed E-state index contributed by atoms with van der Waals surface area (Å²) in [6, 6.07) is 22.1. The smallest absolute Gasteiger partial charge is 0.335 e. The molecule has 3 nitrogen and oxygen atoms in total. The van der Waals surface area contributed by atoms with E-state index >= 15 is 0 Å². The van der Waals surface area contributed by atoms with Crippen LogP contribution in [0.3, 0.4) is 0 Å². The third kappa shape index (κ3) is 4.04. The molecule has 0 bridgehead atoms. The molecule has 1 heterocycles. The Hall–Kier alpha value is -3.07. The van der Waals surface area contributed by atoms with E-state index in [4.69, 9.17) is 9.84 Å². The van der Waals surface area contributed by atoms with Crippen LogP contribution in [0.5, 0.6) is 5.75 Å². The topological polar surface area (TPSA) is 46.5 Å². The van der Waals surface area contributed by atoms with Gasteiger partial charge < -0.3 is 9.84 Å². The highest BCUT2D eigenvalue weighted by Crippen LogP contribution is 2.41. The van der Waals surface area contributed by atoms with Crippen LogP contribution in [0.15, 0.2) is 66.7 Å². The van der Waals surface area contributed by atoms with Gasteiger partial charge in [0.05, 0.1) is 5.56 Å². The maximum absolute atomic E-state index is 11.2. The van der Waals surface area contributed by atoms with Crippen molar-refractivity contribution in [2.75, 3.05) is 0 Å². The van der Waals surface area contributed by atoms with Gasteiger partial charge in [-0.3, -0.25) is 0 Å². The molecule has 148 valence electrons. The molecule has 1 N–H and O–H groups in total. The summed E-state index contributed by atoms with van der Waals surface area (Å²) in [4.78, 5) is 11.2. The van der Waals surface area contributed by atoms with Crippen molar-refractivity contribution >= 4 is 5.97 Å². The number of fused-ring (bicyclic) bond motifs is 1. The monoisotopic (exact) mass is 386 g/mol. The van der Waals surface area contributed by atoms with Crippen LogP contribution in [0.1, 0.15) is 47.3 Å². The van der Waals surface area contributed by atoms with Crippen molar-refractivity contribution in [3.63, 3.8) is 0 Å². The van der Waals surface area contributed by atoms with Crippen molar-refractivity contribution < 1.29 is 14.6 Å². The molecule has 1 aliphatic heterocycles. The van der Waals surface area contributed by atoms with Gasteiger partial charge in [0.1, 0.15) is 11.4 Å². The molecule has 3 aromatic carbocycles. The highest BCUT2D eigenvalue weighted by molar-refractivity contribution is 5.88. The minimum absolute atomic E-state index is 0.266. The first-order chi connectivity index (χ1) is 14.0. The van der Waals surface area contributed by atoms with Crippen LogP contribution in [0, 0.1) is 0 Å². The number of hydrogen-bond donors (Lipinski definition) is 1. The predicted octanol–water partition coefficient (Wildman–Crippen LogP) is 5.94. The molecule has 0 aromatic heterocycles. The summed E-state index contributed by atoms with van der Waals surface area (Å²) in [6.45, 7) is 4.36. The second kappa shape index (κ2) is 7.75. The first-order valence-electron chi connectivity index (χ1n) is 10.2. The summed E-state index contributed by atoms with van der Waals surface area (Å²) in [5, 5.41) is 9.16. The van der Waals surface area contributed by atoms with Crippen molar-refractivity contribution in [3.8, 4) is 16.9 Å². The number of hydrogen-bond acceptors (Lipinski definition) is 2. The highest BCUT2D eigenvalue weighted by atomic mass is 16.5. The Balaban J connectivity index is 1.63. The number of benzene rings is 3. The van der Waals surface area contributed by atoms with Gasteiger partial charge in [-0.15, -0.1) is 0 Å². The molecule has 0 saturated heterocycles. The molecule has 29 heavy (non-hydrogen) atoms. The summed E-state index contributed by atoms with van der Waals surface area (Å²) in [7, 11) is 0. The van der Waals surface area contributed by atoms with E-state index in [2.05, 4.69) is 56.3 Å². The van der Waals surface area contributed by atoms with E-state index in [1.807, 2.05) is 12.1 Å². The molecule has 0 saturated carbocycles. The Bertz CT molecular complexity index is 1020. The zero-order valence-electron chi connectivity index (χ0n) is 16.9. The summed E-state index contributed by atoms with van der Waals surface area (Å²) in [5.41, 5.74) is 5.87. The molecule has 0 spiro atoms. The van der Waals surface area contributed by atoms with Crippen molar-refractivity contribution in [2.24, 2.45) is 0 Å². The van der Waals surface area contributed by atoms with Crippen molar-refractivity contribution in [1.29, 1.82) is 0 Å². The molecule has 3 aromatic rings. The van der Waals surface area contributed by atoms with Gasteiger partial charge in [-0.05, 0) is 60.6 Å². The number of rotatable bonds is 5. The van der Waals surface area contributed by atoms with E-state index in [0.717, 1.165) is 42.6 Å². The third-order valence-corrected chi connectivity index (χ3v) is 5.82. The van der Waals surface area contributed by atoms with Gasteiger partial charge >= 0.3 is 5.97 Å². The Morgan fingerprint density at radius 3 is 2.34 bits per heavy atom. The fraction of sp³-hybridized carbons (Fsp3) is 0.269. The predicted molar refractivity (Wildman–Crippen MR) is 116 cm³/mol. The van der Waals surface area contributed by atoms with E-state index in [1.54, 1.807) is 12.1 Å². The van der Waals surface area contributed by atoms with Crippen LogP contribution in [0.2, 0.25) is 0 Å². The van der Waals surface area contributed by atoms with Crippen LogP contribution in [0.4, 0.5) is 0 Å². The van der Waals surface area contributed by atoms with Crippen LogP contribution in [0.25, 0.3) is 11.1 Å². The molecule has 0 aliphatic carbocycles. The van der Waals surface area contributed by atoms with Crippen molar-refractivity contribution in [3.05, 3.63) is 89.0 Å². The fourth-order valence-electron chi connectivity index (χ4n) is 4.07. The molecule has 3 heteroatoms. The molecular weight excluding hydrogens is 360 g/mol. The molecule has 1 atom stereocenters. The SMILES string of the molecule is CCc1ccc(CC2(C)CCc3cccc(-c4ccc(C(=O)O)cc4)c3O2)cc1. The standard InChI is InChI=1S/C26H26O3/c1-3-18-7-9-19(10-8-18)17-26(2)16-15-21-5-4-6-23(24(21)29-26)20-11-13-22(14-12-20)25(27)28/h4-14H,3,15-17H2,1-2H3,(H,27,28). The number of aromatic carboxylic acids is 1. The normalized spacial score (nSPS) is 18.0. The van der Waals surface area contributed by atoms with Crippen LogP contribution < -0.4 is 4.74 Å². The third-order valence-electron chi connectivity index (χ3n) is 5.82. The van der Waals surface area contributed by atoms with Crippen molar-refractivity contribution in [1.82, 2.24) is 0 Å². The second-order valence-corrected chi connectivity index (χ2v) is 8.08. The lowest BCUT2D eigenvalue weighted by molar-refractivity contribution is 0.0661. The number of carbonyl (C=O) groups is 1. The van der Waals surface area contributed by atoms with E-state index in [0.29, 0.717) is 5.56 Å². The fourth-order valence-corrected chi connectivity index (χ4v) is 4.07. The lowest BCUT2D eigenvalue weighted by Crippen LogP contribution is -2.38. The molecule has 0 amide bonds. The number of carboxylic acids is 1. The molecule has 0 fully saturated rings. The largest absolute Gasteiger partial charge is 0.486 e. The average Bonchev–Trinajstić information content (AvgIpc) is 2.74. The Morgan fingerprint density at radius 2 is 1.69 bits per heavy atom. The first kappa shape index (κ1) is 19.3. The summed E-state index contributed by atoms with van der Waals surface area (Å²) >= 11 is 0. The molecular formula is C26H26O3. The summed E-state index contributed by atoms with van der Waals surface area (Å²) < 4.78 is 6.63. The van der Waals surface area contributed by atoms with Crippen LogP contribution >= 0.6 is 0 Å². The van der Waals surface area contributed by atoms with Crippen molar-refractivity contribution in [2.45, 2.75) is 45.1 Å². The van der Waals surface area contributed by atoms with E-state index in [1.165, 1.54) is 16.7 Å². The number of para-hydroxylation sites is 1. The van der Waals surface area contributed by atoms with Gasteiger partial charge in [0.2, 0.25) is 0 Å². The van der Waals surface area contributed by atoms with Gasteiger partial charge in [0.15, 0.2) is 0 Å². The minimum atomic E-state index is -0.912. The Morgan fingerprint density at radius 1 is 1.00 bits per heavy atom. The molecule has 4 rings (SSSR count). The van der Waals surface area contributed by atoms with Gasteiger partial charge in [-0.2, -0.15) is 0 Å². The van der Waals surface area contributed by atoms with Crippen LogP contribution in [-0.4, -0.2) is 16.7 Å². The zero-order chi connectivity index (χ0) is 20.4. The summed E-state index contributed by atoms with van der Waals surface area (Å²) in [6.07, 6.45) is 3.85. The Labute approximate surface area is 172 Å². The number of ether oxygens (including phenoxy) is 1. The molecule has 1 aliphatic rings. The quantitative estimate of drug-likeness (QED) is 0.590. The first-order valence-corrected chi connectivity index (χ1v) is 10.2. The lowest BCUT2D eigenvalue weighted by atomic mass is 9.85. The minimum Gasteiger partial charge on any atom is -0.486 e. The summed E-state index contributed by atoms with van der Waals surface area (Å²) in [5.74, 6) is 0.0130. The van der Waals surface area contributed by atoms with Crippen LogP contribution in [-0.2, 0) is 19.3 Å². The van der Waals surface area contributed by atoms with Gasteiger partial charge in [0.25, 0.3) is 0 Å². The second-order valence-electron chi connectivity index (χ2n) is 8.08. The average molecular weight is 386 g/mol. The molecule has 1 unspecified atom stereocenters. The lowest BCUT2D eigenvalue weighted by Gasteiger charge is -2.37. The molecule has 0 radical (unpaired) electrons. The van der Waals surface area contributed by atoms with E-state index < -0.39 is 5.97 Å². The highest BCUT2D eigenvalue weighted by Gasteiger charge is 2.33. The number of carboxylic acid groups (broad SMARTS) is 1. The zero-order valence-corrected chi connectivity index (χ0v) is 16.9. The maximum atomic E-state index is 11.2. The van der Waals surface area contributed by atoms with E-state index in [9.17, 15) is 4.79 Å². The van der Waals surface area contributed by atoms with E-state index in [-0.39, 0.29) is 5.60 Å². The number of aryl methyl sites for hydroxylation is 2. The van der Waals surface area contributed by atoms with Gasteiger partial charge in [-0.25, -0.2) is 4.79 Å². The van der Waals surface area contributed by atoms with Gasteiger partial charge in [-0.1, -0.05) is 61.5 Å². The van der Waals surface area contributed by atoms with Gasteiger partial charge in [0, 0.05) is 12.0 Å². The maximum Gasteiger partial charge on any atom is 0.335 e.